The van der Waals surface area contributed by atoms with E-state index in [4.69, 9.17) is 0 Å². The van der Waals surface area contributed by atoms with Gasteiger partial charge in [-0.05, 0) is 0 Å². The minimum atomic E-state index is -3.15. The Labute approximate surface area is 177 Å². The Bertz CT molecular complexity index is 860. The average molecular weight is 452 g/mol. The molecule has 1 nitrogen and oxygen atoms in total. The maximum absolute atomic E-state index is 4.35. The molecule has 0 spiro atoms. The fourth-order valence-corrected chi connectivity index (χ4v) is 9.66. The number of hydrogen-bond donors (Lipinski definition) is 0. The van der Waals surface area contributed by atoms with E-state index in [9.17, 15) is 0 Å². The van der Waals surface area contributed by atoms with Gasteiger partial charge in [0.2, 0.25) is 0 Å². The van der Waals surface area contributed by atoms with Crippen molar-refractivity contribution >= 4 is 36.7 Å². The number of nitrogens with zero attached hydrogens (tertiary/aromatic N) is 1. The van der Waals surface area contributed by atoms with Crippen LogP contribution in [0.4, 0.5) is 0 Å². The van der Waals surface area contributed by atoms with Crippen molar-refractivity contribution in [3.8, 4) is 11.7 Å². The van der Waals surface area contributed by atoms with Gasteiger partial charge in [-0.2, -0.15) is 0 Å². The van der Waals surface area contributed by atoms with E-state index in [1.165, 1.54) is 15.9 Å². The molecule has 0 heterocycles. The van der Waals surface area contributed by atoms with Crippen molar-refractivity contribution in [2.24, 2.45) is 0 Å². The molecule has 3 aromatic carbocycles. The van der Waals surface area contributed by atoms with Crippen LogP contribution in [0.2, 0.25) is 0 Å². The normalized spacial score (nSPS) is 12.5. The van der Waals surface area contributed by atoms with Crippen LogP contribution in [0.3, 0.4) is 0 Å². The molecule has 144 valence electrons. The zero-order valence-electron chi connectivity index (χ0n) is 16.7. The molecule has 28 heavy (non-hydrogen) atoms. The monoisotopic (exact) mass is 451 g/mol. The third kappa shape index (κ3) is 3.62. The van der Waals surface area contributed by atoms with E-state index in [0.717, 1.165) is 6.54 Å². The molecule has 0 aromatic heterocycles. The van der Waals surface area contributed by atoms with E-state index >= 15 is 0 Å². The molecule has 0 bridgehead atoms. The number of hydrogen-bond acceptors (Lipinski definition) is 1. The molecule has 0 aliphatic rings. The summed E-state index contributed by atoms with van der Waals surface area (Å²) in [6, 6.07) is 35.9. The van der Waals surface area contributed by atoms with Gasteiger partial charge in [-0.3, -0.25) is 0 Å². The van der Waals surface area contributed by atoms with E-state index in [1.54, 1.807) is 0 Å². The van der Waals surface area contributed by atoms with Crippen molar-refractivity contribution in [2.45, 2.75) is 26.8 Å². The van der Waals surface area contributed by atoms with Crippen LogP contribution in [0.5, 0.6) is 0 Å². The van der Waals surface area contributed by atoms with Gasteiger partial charge in [0, 0.05) is 0 Å². The van der Waals surface area contributed by atoms with E-state index < -0.39 is 5.31 Å². The molecule has 0 saturated carbocycles. The standard InChI is InChI=1S/C25H27BrNP/c1-4-27(22(2)3)20-21-28(26,23-14-8-5-9-15-23,24-16-10-6-11-17-24)25-18-12-7-13-19-25/h5-19,22H,4H2,1-3H3. The van der Waals surface area contributed by atoms with E-state index in [-0.39, 0.29) is 0 Å². The van der Waals surface area contributed by atoms with Crippen LogP contribution in [0.15, 0.2) is 91.0 Å². The summed E-state index contributed by atoms with van der Waals surface area (Å²) in [4.78, 5) is 2.21. The van der Waals surface area contributed by atoms with Gasteiger partial charge in [-0.25, -0.2) is 0 Å². The third-order valence-corrected chi connectivity index (χ3v) is 13.6. The van der Waals surface area contributed by atoms with Gasteiger partial charge in [-0.15, -0.1) is 0 Å². The molecule has 0 unspecified atom stereocenters. The van der Waals surface area contributed by atoms with Gasteiger partial charge in [0.15, 0.2) is 0 Å². The van der Waals surface area contributed by atoms with Gasteiger partial charge < -0.3 is 0 Å². The Kier molecular flexibility index (Phi) is 6.29. The van der Waals surface area contributed by atoms with Crippen molar-refractivity contribution in [3.05, 3.63) is 91.0 Å². The van der Waals surface area contributed by atoms with Crippen LogP contribution >= 0.6 is 20.8 Å². The average Bonchev–Trinajstić information content (AvgIpc) is 2.76. The van der Waals surface area contributed by atoms with Gasteiger partial charge in [0.05, 0.1) is 0 Å². The molecule has 3 heteroatoms. The predicted molar refractivity (Wildman–Crippen MR) is 129 cm³/mol. The van der Waals surface area contributed by atoms with Crippen LogP contribution in [0.1, 0.15) is 20.8 Å². The Morgan fingerprint density at radius 3 is 1.39 bits per heavy atom. The summed E-state index contributed by atoms with van der Waals surface area (Å²) in [5.41, 5.74) is 3.81. The number of rotatable bonds is 5. The van der Waals surface area contributed by atoms with Crippen LogP contribution < -0.4 is 15.9 Å². The van der Waals surface area contributed by atoms with Crippen molar-refractivity contribution in [2.75, 3.05) is 6.54 Å². The van der Waals surface area contributed by atoms with Crippen molar-refractivity contribution in [3.63, 3.8) is 0 Å². The van der Waals surface area contributed by atoms with Gasteiger partial charge >= 0.3 is 178 Å². The van der Waals surface area contributed by atoms with Gasteiger partial charge in [0.25, 0.3) is 0 Å². The molecule has 0 radical (unpaired) electrons. The SMILES string of the molecule is CCN(C#CP(Br)(c1ccccc1)(c1ccccc1)c1ccccc1)C(C)C. The van der Waals surface area contributed by atoms with Gasteiger partial charge in [0.1, 0.15) is 0 Å². The van der Waals surface area contributed by atoms with Crippen LogP contribution in [0.25, 0.3) is 0 Å². The number of benzene rings is 3. The fourth-order valence-electron chi connectivity index (χ4n) is 3.50. The third-order valence-electron chi connectivity index (χ3n) is 5.09. The minimum absolute atomic E-state index is 0.362. The second-order valence-electron chi connectivity index (χ2n) is 7.12. The molecule has 0 aliphatic heterocycles. The summed E-state index contributed by atoms with van der Waals surface area (Å²) in [7, 11) is 0. The molecule has 0 amide bonds. The molecule has 0 atom stereocenters. The topological polar surface area (TPSA) is 3.24 Å². The first kappa shape index (κ1) is 20.7. The summed E-state index contributed by atoms with van der Waals surface area (Å²) in [6.07, 6.45) is 0. The molecule has 0 saturated heterocycles. The second kappa shape index (κ2) is 8.52. The fraction of sp³-hybridized carbons (Fsp3) is 0.200. The summed E-state index contributed by atoms with van der Waals surface area (Å²) >= 11 is 4.35. The van der Waals surface area contributed by atoms with E-state index in [1.807, 2.05) is 0 Å². The van der Waals surface area contributed by atoms with Crippen molar-refractivity contribution < 1.29 is 0 Å². The Hall–Kier alpha value is -2.07. The van der Waals surface area contributed by atoms with Crippen LogP contribution in [-0.4, -0.2) is 17.5 Å². The second-order valence-corrected chi connectivity index (χ2v) is 15.2. The molecule has 3 rings (SSSR count). The molecule has 0 aliphatic carbocycles. The summed E-state index contributed by atoms with van der Waals surface area (Å²) in [6.45, 7) is 7.43. The first-order chi connectivity index (χ1) is 13.5. The first-order valence-electron chi connectivity index (χ1n) is 9.71. The molecular weight excluding hydrogens is 425 g/mol. The summed E-state index contributed by atoms with van der Waals surface area (Å²) in [5, 5.41) is 0.509. The summed E-state index contributed by atoms with van der Waals surface area (Å²) in [5.74, 6) is 0. The molecule has 0 fully saturated rings. The molecular formula is C25H27BrNP. The van der Waals surface area contributed by atoms with E-state index in [2.05, 4.69) is 144 Å². The Balaban J connectivity index is 2.43. The zero-order chi connectivity index (χ0) is 20.1. The zero-order valence-corrected chi connectivity index (χ0v) is 19.2. The van der Waals surface area contributed by atoms with Crippen LogP contribution in [-0.2, 0) is 0 Å². The Morgan fingerprint density at radius 1 is 0.750 bits per heavy atom. The van der Waals surface area contributed by atoms with Crippen molar-refractivity contribution in [1.29, 1.82) is 0 Å². The van der Waals surface area contributed by atoms with E-state index in [0.29, 0.717) is 6.04 Å². The number of halogens is 1. The first-order valence-corrected chi connectivity index (χ1v) is 14.0. The van der Waals surface area contributed by atoms with Crippen molar-refractivity contribution in [1.82, 2.24) is 4.90 Å². The van der Waals surface area contributed by atoms with Crippen LogP contribution in [0, 0.1) is 11.7 Å². The maximum atomic E-state index is 4.35. The Morgan fingerprint density at radius 2 is 1.11 bits per heavy atom. The quantitative estimate of drug-likeness (QED) is 0.282. The molecule has 3 aromatic rings. The predicted octanol–water partition coefficient (Wildman–Crippen LogP) is 5.47. The summed E-state index contributed by atoms with van der Waals surface area (Å²) < 4.78 is 0. The molecule has 0 N–H and O–H groups in total. The van der Waals surface area contributed by atoms with Gasteiger partial charge in [-0.1, -0.05) is 0 Å².